The van der Waals surface area contributed by atoms with Crippen LogP contribution >= 0.6 is 0 Å². The van der Waals surface area contributed by atoms with Crippen molar-refractivity contribution >= 4 is 6.08 Å². The number of nitrogens with zero attached hydrogens (tertiary/aromatic N) is 1. The van der Waals surface area contributed by atoms with Crippen LogP contribution < -0.4 is 4.74 Å². The third-order valence-corrected chi connectivity index (χ3v) is 4.06. The molecule has 0 saturated carbocycles. The summed E-state index contributed by atoms with van der Waals surface area (Å²) in [6.07, 6.45) is 2.51. The van der Waals surface area contributed by atoms with Gasteiger partial charge in [-0.15, -0.1) is 0 Å². The monoisotopic (exact) mass is 345 g/mol. The molecule has 26 heavy (non-hydrogen) atoms. The number of ether oxygens (including phenoxy) is 1. The molecule has 0 aliphatic rings. The van der Waals surface area contributed by atoms with Crippen molar-refractivity contribution < 1.29 is 9.66 Å². The average molecular weight is 345 g/mol. The number of hydrogen-bond donors (Lipinski definition) is 0. The second kappa shape index (κ2) is 8.12. The van der Waals surface area contributed by atoms with Crippen LogP contribution in [-0.4, -0.2) is 4.92 Å². The summed E-state index contributed by atoms with van der Waals surface area (Å²) < 4.78 is 5.96. The summed E-state index contributed by atoms with van der Waals surface area (Å²) in [6.45, 7) is 2.40. The van der Waals surface area contributed by atoms with Crippen molar-refractivity contribution in [3.63, 3.8) is 0 Å². The summed E-state index contributed by atoms with van der Waals surface area (Å²) in [5.41, 5.74) is 4.73. The van der Waals surface area contributed by atoms with Gasteiger partial charge >= 0.3 is 0 Å². The first-order chi connectivity index (χ1) is 12.6. The number of nitro groups is 1. The first kappa shape index (κ1) is 17.4. The Morgan fingerprint density at radius 2 is 1.65 bits per heavy atom. The zero-order chi connectivity index (χ0) is 18.4. The van der Waals surface area contributed by atoms with Gasteiger partial charge in [0, 0.05) is 6.08 Å². The summed E-state index contributed by atoms with van der Waals surface area (Å²) in [7, 11) is 0. The van der Waals surface area contributed by atoms with Crippen LogP contribution in [0.5, 0.6) is 5.75 Å². The zero-order valence-corrected chi connectivity index (χ0v) is 14.5. The van der Waals surface area contributed by atoms with E-state index < -0.39 is 4.92 Å². The van der Waals surface area contributed by atoms with Crippen molar-refractivity contribution in [3.8, 4) is 16.9 Å². The van der Waals surface area contributed by atoms with Crippen LogP contribution in [0.1, 0.15) is 16.7 Å². The van der Waals surface area contributed by atoms with Crippen molar-refractivity contribution in [1.29, 1.82) is 0 Å². The molecule has 3 aromatic carbocycles. The molecular weight excluding hydrogens is 326 g/mol. The van der Waals surface area contributed by atoms with Gasteiger partial charge in [-0.1, -0.05) is 60.7 Å². The Labute approximate surface area is 152 Å². The Morgan fingerprint density at radius 1 is 1.00 bits per heavy atom. The van der Waals surface area contributed by atoms with Gasteiger partial charge in [0.25, 0.3) is 0 Å². The molecule has 0 aliphatic carbocycles. The van der Waals surface area contributed by atoms with Gasteiger partial charge < -0.3 is 4.74 Å². The normalized spacial score (nSPS) is 10.8. The Morgan fingerprint density at radius 3 is 2.31 bits per heavy atom. The fraction of sp³-hybridized carbons (Fsp3) is 0.0909. The van der Waals surface area contributed by atoms with E-state index in [1.165, 1.54) is 0 Å². The molecular formula is C22H19NO3. The van der Waals surface area contributed by atoms with E-state index in [9.17, 15) is 10.1 Å². The molecule has 4 nitrogen and oxygen atoms in total. The van der Waals surface area contributed by atoms with Crippen molar-refractivity contribution in [1.82, 2.24) is 0 Å². The molecule has 0 unspecified atom stereocenters. The molecule has 0 aliphatic heterocycles. The molecule has 0 radical (unpaired) electrons. The first-order valence-corrected chi connectivity index (χ1v) is 8.32. The number of aryl methyl sites for hydroxylation is 1. The minimum Gasteiger partial charge on any atom is -0.489 e. The van der Waals surface area contributed by atoms with E-state index in [1.54, 1.807) is 6.08 Å². The van der Waals surface area contributed by atoms with Crippen LogP contribution in [0.25, 0.3) is 17.2 Å². The van der Waals surface area contributed by atoms with Crippen LogP contribution in [0, 0.1) is 17.0 Å². The molecule has 0 saturated heterocycles. The average Bonchev–Trinajstić information content (AvgIpc) is 2.66. The maximum atomic E-state index is 10.8. The van der Waals surface area contributed by atoms with Gasteiger partial charge in [0.2, 0.25) is 6.20 Å². The van der Waals surface area contributed by atoms with Crippen LogP contribution in [-0.2, 0) is 6.61 Å². The van der Waals surface area contributed by atoms with E-state index in [0.717, 1.165) is 39.8 Å². The highest BCUT2D eigenvalue weighted by molar-refractivity contribution is 5.78. The van der Waals surface area contributed by atoms with Crippen LogP contribution in [0.3, 0.4) is 0 Å². The van der Waals surface area contributed by atoms with Crippen LogP contribution in [0.4, 0.5) is 0 Å². The lowest BCUT2D eigenvalue weighted by Gasteiger charge is -2.14. The molecule has 0 bridgehead atoms. The summed E-state index contributed by atoms with van der Waals surface area (Å²) in [5.74, 6) is 0.739. The maximum Gasteiger partial charge on any atom is 0.235 e. The fourth-order valence-electron chi connectivity index (χ4n) is 2.80. The highest BCUT2D eigenvalue weighted by Crippen LogP contribution is 2.32. The highest BCUT2D eigenvalue weighted by atomic mass is 16.6. The van der Waals surface area contributed by atoms with Gasteiger partial charge in [0.1, 0.15) is 12.4 Å². The lowest BCUT2D eigenvalue weighted by molar-refractivity contribution is -0.400. The minimum atomic E-state index is -0.450. The van der Waals surface area contributed by atoms with E-state index in [1.807, 2.05) is 79.7 Å². The Kier molecular flexibility index (Phi) is 5.44. The number of rotatable bonds is 6. The molecule has 0 fully saturated rings. The molecule has 0 N–H and O–H groups in total. The standard InChI is InChI=1S/C22H19NO3/c1-17-14-20(26-16-18-8-4-2-5-9-18)15-22(19-10-6-3-7-11-19)21(17)12-13-23(24)25/h2-15H,16H2,1H3/b13-12+. The van der Waals surface area contributed by atoms with E-state index in [4.69, 9.17) is 4.74 Å². The Balaban J connectivity index is 1.97. The molecule has 4 heteroatoms. The van der Waals surface area contributed by atoms with Gasteiger partial charge in [-0.05, 0) is 46.9 Å². The molecule has 0 spiro atoms. The highest BCUT2D eigenvalue weighted by Gasteiger charge is 2.10. The molecule has 0 heterocycles. The Hall–Kier alpha value is -3.40. The summed E-state index contributed by atoms with van der Waals surface area (Å²) in [5, 5.41) is 10.8. The van der Waals surface area contributed by atoms with Gasteiger partial charge in [-0.2, -0.15) is 0 Å². The van der Waals surface area contributed by atoms with Crippen LogP contribution in [0.15, 0.2) is 79.0 Å². The van der Waals surface area contributed by atoms with Crippen LogP contribution in [0.2, 0.25) is 0 Å². The summed E-state index contributed by atoms with van der Waals surface area (Å²) >= 11 is 0. The summed E-state index contributed by atoms with van der Waals surface area (Å²) in [6, 6.07) is 23.6. The SMILES string of the molecule is Cc1cc(OCc2ccccc2)cc(-c2ccccc2)c1/C=C/[N+](=O)[O-]. The largest absolute Gasteiger partial charge is 0.489 e. The first-order valence-electron chi connectivity index (χ1n) is 8.32. The lowest BCUT2D eigenvalue weighted by atomic mass is 9.95. The third-order valence-electron chi connectivity index (χ3n) is 4.06. The third kappa shape index (κ3) is 4.36. The van der Waals surface area contributed by atoms with Crippen molar-refractivity contribution in [3.05, 3.63) is 106 Å². The topological polar surface area (TPSA) is 52.4 Å². The fourth-order valence-corrected chi connectivity index (χ4v) is 2.80. The zero-order valence-electron chi connectivity index (χ0n) is 14.5. The smallest absolute Gasteiger partial charge is 0.235 e. The minimum absolute atomic E-state index is 0.450. The quantitative estimate of drug-likeness (QED) is 0.438. The predicted molar refractivity (Wildman–Crippen MR) is 103 cm³/mol. The predicted octanol–water partition coefficient (Wildman–Crippen LogP) is 5.49. The van der Waals surface area contributed by atoms with E-state index in [2.05, 4.69) is 0 Å². The van der Waals surface area contributed by atoms with E-state index in [0.29, 0.717) is 6.61 Å². The van der Waals surface area contributed by atoms with Crippen molar-refractivity contribution in [2.45, 2.75) is 13.5 Å². The lowest BCUT2D eigenvalue weighted by Crippen LogP contribution is -1.97. The number of hydrogen-bond acceptors (Lipinski definition) is 3. The molecule has 0 amide bonds. The molecule has 3 rings (SSSR count). The van der Waals surface area contributed by atoms with E-state index in [-0.39, 0.29) is 0 Å². The molecule has 0 atom stereocenters. The van der Waals surface area contributed by atoms with E-state index >= 15 is 0 Å². The molecule has 130 valence electrons. The second-order valence-corrected chi connectivity index (χ2v) is 5.94. The maximum absolute atomic E-state index is 10.8. The van der Waals surface area contributed by atoms with Gasteiger partial charge in [-0.25, -0.2) is 0 Å². The van der Waals surface area contributed by atoms with Gasteiger partial charge in [0.05, 0.1) is 4.92 Å². The van der Waals surface area contributed by atoms with Crippen molar-refractivity contribution in [2.75, 3.05) is 0 Å². The van der Waals surface area contributed by atoms with Gasteiger partial charge in [0.15, 0.2) is 0 Å². The molecule has 0 aromatic heterocycles. The summed E-state index contributed by atoms with van der Waals surface area (Å²) in [4.78, 5) is 10.3. The van der Waals surface area contributed by atoms with Crippen molar-refractivity contribution in [2.24, 2.45) is 0 Å². The Bertz CT molecular complexity index is 919. The molecule has 3 aromatic rings. The second-order valence-electron chi connectivity index (χ2n) is 5.94. The van der Waals surface area contributed by atoms with Gasteiger partial charge in [-0.3, -0.25) is 10.1 Å². The number of benzene rings is 3.